The van der Waals surface area contributed by atoms with Gasteiger partial charge in [0.05, 0.1) is 52.2 Å². The van der Waals surface area contributed by atoms with Crippen LogP contribution in [0.3, 0.4) is 0 Å². The van der Waals surface area contributed by atoms with Crippen LogP contribution >= 0.6 is 23.2 Å². The molecule has 2 saturated heterocycles. The van der Waals surface area contributed by atoms with Gasteiger partial charge in [0.2, 0.25) is 11.8 Å². The summed E-state index contributed by atoms with van der Waals surface area (Å²) in [5, 5.41) is 6.16. The number of nitrogens with one attached hydrogen (secondary N) is 2. The molecule has 0 saturated carbocycles. The molecule has 0 radical (unpaired) electrons. The van der Waals surface area contributed by atoms with Crippen molar-refractivity contribution in [2.45, 2.75) is 32.4 Å². The molecule has 0 atom stereocenters. The highest BCUT2D eigenvalue weighted by atomic mass is 35.5. The zero-order valence-corrected chi connectivity index (χ0v) is 29.2. The van der Waals surface area contributed by atoms with Crippen molar-refractivity contribution in [3.8, 4) is 28.4 Å². The molecule has 4 aromatic rings. The van der Waals surface area contributed by atoms with Gasteiger partial charge in [-0.3, -0.25) is 28.8 Å². The first-order chi connectivity index (χ1) is 24.1. The number of hydrogen-bond donors (Lipinski definition) is 2. The number of carbonyl (C=O) groups is 2. The highest BCUT2D eigenvalue weighted by Crippen LogP contribution is 2.42. The molecule has 2 N–H and O–H groups in total. The summed E-state index contributed by atoms with van der Waals surface area (Å²) in [5.74, 6) is -0.491. The molecule has 0 unspecified atom stereocenters. The number of pyridine rings is 2. The maximum Gasteiger partial charge on any atom is 0.291 e. The lowest BCUT2D eigenvalue weighted by Crippen LogP contribution is -2.56. The number of nitrogens with zero attached hydrogens (tertiary/aromatic N) is 6. The Kier molecular flexibility index (Phi) is 9.50. The summed E-state index contributed by atoms with van der Waals surface area (Å²) in [7, 11) is 3.25. The third-order valence-corrected chi connectivity index (χ3v) is 10.5. The van der Waals surface area contributed by atoms with Crippen molar-refractivity contribution in [2.75, 3.05) is 51.8 Å². The Bertz CT molecular complexity index is 1980. The minimum absolute atomic E-state index is 0.0497. The maximum atomic E-state index is 15.7. The Morgan fingerprint density at radius 1 is 1.14 bits per heavy atom. The monoisotopic (exact) mass is 724 g/mol. The van der Waals surface area contributed by atoms with E-state index in [1.807, 2.05) is 0 Å². The molecule has 11 nitrogen and oxygen atoms in total. The van der Waals surface area contributed by atoms with E-state index in [-0.39, 0.29) is 45.4 Å². The van der Waals surface area contributed by atoms with Crippen LogP contribution in [0.15, 0.2) is 36.5 Å². The van der Waals surface area contributed by atoms with E-state index < -0.39 is 11.7 Å². The number of hydrogen-bond acceptors (Lipinski definition) is 8. The van der Waals surface area contributed by atoms with Gasteiger partial charge in [0.1, 0.15) is 5.82 Å². The highest BCUT2D eigenvalue weighted by molar-refractivity contribution is 6.39. The van der Waals surface area contributed by atoms with Gasteiger partial charge >= 0.3 is 0 Å². The van der Waals surface area contributed by atoms with Gasteiger partial charge in [0.25, 0.3) is 5.91 Å². The van der Waals surface area contributed by atoms with Crippen LogP contribution in [0.2, 0.25) is 10.0 Å². The number of aromatic nitrogens is 4. The van der Waals surface area contributed by atoms with Crippen molar-refractivity contribution >= 4 is 40.7 Å². The Hall–Kier alpha value is -4.17. The predicted octanol–water partition coefficient (Wildman–Crippen LogP) is 5.29. The summed E-state index contributed by atoms with van der Waals surface area (Å²) >= 11 is 13.8. The molecule has 3 aliphatic heterocycles. The molecule has 6 heterocycles. The Labute approximate surface area is 297 Å². The molecule has 0 bridgehead atoms. The summed E-state index contributed by atoms with van der Waals surface area (Å²) in [5.41, 5.74) is 3.80. The number of anilines is 1. The van der Waals surface area contributed by atoms with E-state index in [0.29, 0.717) is 86.6 Å². The summed E-state index contributed by atoms with van der Waals surface area (Å²) in [4.78, 5) is 43.1. The van der Waals surface area contributed by atoms with Crippen molar-refractivity contribution in [1.29, 1.82) is 0 Å². The molecule has 7 rings (SSSR count). The molecule has 3 aliphatic rings. The normalized spacial score (nSPS) is 17.0. The van der Waals surface area contributed by atoms with E-state index in [0.717, 1.165) is 17.9 Å². The van der Waals surface area contributed by atoms with Crippen molar-refractivity contribution in [2.24, 2.45) is 12.5 Å². The fourth-order valence-electron chi connectivity index (χ4n) is 7.26. The van der Waals surface area contributed by atoms with Gasteiger partial charge in [0.15, 0.2) is 5.82 Å². The average Bonchev–Trinajstić information content (AvgIpc) is 3.64. The molecule has 0 aliphatic carbocycles. The number of ether oxygens (including phenoxy) is 1. The van der Waals surface area contributed by atoms with Crippen molar-refractivity contribution in [1.82, 2.24) is 34.6 Å². The van der Waals surface area contributed by atoms with Crippen molar-refractivity contribution in [3.63, 3.8) is 0 Å². The first kappa shape index (κ1) is 34.3. The number of benzene rings is 1. The lowest BCUT2D eigenvalue weighted by atomic mass is 9.79. The number of fused-ring (bicyclic) bond motifs is 1. The highest BCUT2D eigenvalue weighted by Gasteiger charge is 2.48. The third-order valence-electron chi connectivity index (χ3n) is 9.73. The molecule has 50 heavy (non-hydrogen) atoms. The topological polar surface area (TPSA) is 118 Å². The van der Waals surface area contributed by atoms with Crippen LogP contribution in [0.5, 0.6) is 5.88 Å². The number of amides is 2. The zero-order valence-electron chi connectivity index (χ0n) is 27.7. The van der Waals surface area contributed by atoms with Gasteiger partial charge < -0.3 is 19.9 Å². The fraction of sp³-hybridized carbons (Fsp3) is 0.400. The number of imidazole rings is 1. The van der Waals surface area contributed by atoms with Crippen LogP contribution in [0.1, 0.15) is 40.4 Å². The summed E-state index contributed by atoms with van der Waals surface area (Å²) in [6.07, 6.45) is 3.19. The van der Waals surface area contributed by atoms with E-state index in [9.17, 15) is 14.0 Å². The molecule has 2 fully saturated rings. The summed E-state index contributed by atoms with van der Waals surface area (Å²) in [6.45, 7) is 3.89. The first-order valence-corrected chi connectivity index (χ1v) is 17.2. The molecule has 15 heteroatoms. The Morgan fingerprint density at radius 2 is 1.96 bits per heavy atom. The summed E-state index contributed by atoms with van der Waals surface area (Å²) < 4.78 is 35.7. The standard InChI is InChI=1S/C35H36Cl2F2N8O3/c1-45-27-8-12-46(11-4-9-38)16-26(27)42-32(45)33(49)43-24-6-3-5-21(29(24)36)31-30(37)20(7-10-40-31)25-13-23(39)22(34(44-25)50-2)15-47-18-35(19-47)14-28(48)41-17-35/h3,5-7,10,13H,4,8-9,11-12,14-19H2,1-2H3,(H,41,48)(H,43,49). The SMILES string of the molecule is COc1nc(-c2ccnc(-c3cccc(NC(=O)c4nc5c(n4C)CCN(CCCF)C5)c3Cl)c2Cl)cc(F)c1CN1CC2(CNC(=O)C2)C1. The van der Waals surface area contributed by atoms with Crippen LogP contribution in [0.4, 0.5) is 14.5 Å². The number of rotatable bonds is 10. The van der Waals surface area contributed by atoms with E-state index in [1.54, 1.807) is 35.9 Å². The molecular weight excluding hydrogens is 689 g/mol. The average molecular weight is 726 g/mol. The number of alkyl halides is 1. The maximum absolute atomic E-state index is 15.7. The van der Waals surface area contributed by atoms with Crippen molar-refractivity contribution < 1.29 is 23.1 Å². The fourth-order valence-corrected chi connectivity index (χ4v) is 7.83. The van der Waals surface area contributed by atoms with Gasteiger partial charge in [-0.15, -0.1) is 0 Å². The second-order valence-corrected chi connectivity index (χ2v) is 13.9. The van der Waals surface area contributed by atoms with E-state index in [1.165, 1.54) is 19.4 Å². The smallest absolute Gasteiger partial charge is 0.291 e. The first-order valence-electron chi connectivity index (χ1n) is 16.4. The van der Waals surface area contributed by atoms with Gasteiger partial charge in [-0.25, -0.2) is 14.4 Å². The van der Waals surface area contributed by atoms with Crippen LogP contribution in [-0.4, -0.2) is 87.6 Å². The molecule has 3 aromatic heterocycles. The minimum Gasteiger partial charge on any atom is -0.481 e. The van der Waals surface area contributed by atoms with Crippen molar-refractivity contribution in [3.05, 3.63) is 75.2 Å². The van der Waals surface area contributed by atoms with Crippen LogP contribution < -0.4 is 15.4 Å². The number of methoxy groups -OCH3 is 1. The lowest BCUT2D eigenvalue weighted by molar-refractivity contribution is -0.120. The number of halogens is 4. The van der Waals surface area contributed by atoms with Gasteiger partial charge in [-0.2, -0.15) is 0 Å². The van der Waals surface area contributed by atoms with Gasteiger partial charge in [-0.05, 0) is 18.6 Å². The summed E-state index contributed by atoms with van der Waals surface area (Å²) in [6, 6.07) is 8.08. The van der Waals surface area contributed by atoms with Crippen LogP contribution in [-0.2, 0) is 31.4 Å². The van der Waals surface area contributed by atoms with Crippen LogP contribution in [0.25, 0.3) is 22.5 Å². The van der Waals surface area contributed by atoms with Gasteiger partial charge in [0, 0.05) is 100 Å². The van der Waals surface area contributed by atoms with E-state index in [4.69, 9.17) is 27.9 Å². The molecular formula is C35H36Cl2F2N8O3. The Balaban J connectivity index is 1.11. The molecule has 1 aromatic carbocycles. The minimum atomic E-state index is -0.492. The second kappa shape index (κ2) is 13.9. The molecule has 1 spiro atoms. The Morgan fingerprint density at radius 3 is 2.70 bits per heavy atom. The van der Waals surface area contributed by atoms with Gasteiger partial charge in [-0.1, -0.05) is 35.3 Å². The second-order valence-electron chi connectivity index (χ2n) is 13.2. The predicted molar refractivity (Wildman–Crippen MR) is 186 cm³/mol. The zero-order chi connectivity index (χ0) is 35.2. The number of likely N-dealkylation sites (tertiary alicyclic amines) is 1. The third kappa shape index (κ3) is 6.43. The number of carbonyl (C=O) groups excluding carboxylic acids is 2. The lowest BCUT2D eigenvalue weighted by Gasteiger charge is -2.47. The molecule has 2 amide bonds. The van der Waals surface area contributed by atoms with E-state index in [2.05, 4.69) is 35.4 Å². The van der Waals surface area contributed by atoms with E-state index >= 15 is 4.39 Å². The van der Waals surface area contributed by atoms with Crippen LogP contribution in [0, 0.1) is 11.2 Å². The largest absolute Gasteiger partial charge is 0.481 e. The molecule has 262 valence electrons. The quantitative estimate of drug-likeness (QED) is 0.227.